The van der Waals surface area contributed by atoms with Crippen LogP contribution in [-0.4, -0.2) is 7.11 Å². The molecular formula is C10H14NO. The number of ether oxygens (including phenoxy) is 1. The van der Waals surface area contributed by atoms with Crippen LogP contribution in [0.1, 0.15) is 18.6 Å². The van der Waals surface area contributed by atoms with Crippen LogP contribution in [0.3, 0.4) is 0 Å². The number of hydrogen-bond donors (Lipinski definition) is 1. The second-order valence-electron chi connectivity index (χ2n) is 2.66. The Hall–Kier alpha value is -1.02. The van der Waals surface area contributed by atoms with E-state index in [0.29, 0.717) is 0 Å². The van der Waals surface area contributed by atoms with Crippen molar-refractivity contribution in [2.45, 2.75) is 13.0 Å². The SMILES string of the molecule is C[CH]C(OC)c1cccc(N)c1. The van der Waals surface area contributed by atoms with Crippen LogP contribution < -0.4 is 5.73 Å². The van der Waals surface area contributed by atoms with Gasteiger partial charge in [-0.25, -0.2) is 0 Å². The van der Waals surface area contributed by atoms with Gasteiger partial charge in [0.15, 0.2) is 0 Å². The summed E-state index contributed by atoms with van der Waals surface area (Å²) < 4.78 is 5.23. The molecule has 0 aliphatic heterocycles. The van der Waals surface area contributed by atoms with Crippen molar-refractivity contribution in [3.63, 3.8) is 0 Å². The van der Waals surface area contributed by atoms with E-state index in [1.807, 2.05) is 37.6 Å². The molecule has 0 saturated carbocycles. The van der Waals surface area contributed by atoms with Crippen LogP contribution in [0.4, 0.5) is 5.69 Å². The Balaban J connectivity index is 2.85. The van der Waals surface area contributed by atoms with Crippen molar-refractivity contribution in [3.05, 3.63) is 36.2 Å². The summed E-state index contributed by atoms with van der Waals surface area (Å²) in [6, 6.07) is 7.73. The van der Waals surface area contributed by atoms with Gasteiger partial charge in [-0.3, -0.25) is 0 Å². The Morgan fingerprint density at radius 3 is 2.75 bits per heavy atom. The summed E-state index contributed by atoms with van der Waals surface area (Å²) in [4.78, 5) is 0. The monoisotopic (exact) mass is 164 g/mol. The highest BCUT2D eigenvalue weighted by atomic mass is 16.5. The van der Waals surface area contributed by atoms with Gasteiger partial charge in [0.25, 0.3) is 0 Å². The van der Waals surface area contributed by atoms with Gasteiger partial charge in [0, 0.05) is 12.8 Å². The number of rotatable bonds is 3. The number of nitrogens with two attached hydrogens (primary N) is 1. The van der Waals surface area contributed by atoms with Crippen LogP contribution in [0.2, 0.25) is 0 Å². The van der Waals surface area contributed by atoms with Gasteiger partial charge in [0.1, 0.15) is 0 Å². The first-order valence-corrected chi connectivity index (χ1v) is 3.95. The van der Waals surface area contributed by atoms with E-state index in [9.17, 15) is 0 Å². The van der Waals surface area contributed by atoms with E-state index in [0.717, 1.165) is 11.3 Å². The third-order valence-corrected chi connectivity index (χ3v) is 1.80. The summed E-state index contributed by atoms with van der Waals surface area (Å²) in [5.41, 5.74) is 7.51. The molecule has 0 saturated heterocycles. The van der Waals surface area contributed by atoms with Crippen LogP contribution in [0, 0.1) is 6.42 Å². The molecule has 1 radical (unpaired) electrons. The second-order valence-corrected chi connectivity index (χ2v) is 2.66. The highest BCUT2D eigenvalue weighted by molar-refractivity contribution is 5.41. The zero-order valence-electron chi connectivity index (χ0n) is 7.45. The van der Waals surface area contributed by atoms with Crippen LogP contribution in [0.15, 0.2) is 24.3 Å². The van der Waals surface area contributed by atoms with Crippen molar-refractivity contribution in [1.82, 2.24) is 0 Å². The molecular weight excluding hydrogens is 150 g/mol. The van der Waals surface area contributed by atoms with E-state index >= 15 is 0 Å². The highest BCUT2D eigenvalue weighted by Gasteiger charge is 2.06. The lowest BCUT2D eigenvalue weighted by Gasteiger charge is -2.12. The Morgan fingerprint density at radius 2 is 2.25 bits per heavy atom. The predicted molar refractivity (Wildman–Crippen MR) is 50.6 cm³/mol. The molecule has 2 N–H and O–H groups in total. The Labute approximate surface area is 73.3 Å². The normalized spacial score (nSPS) is 12.8. The fraction of sp³-hybridized carbons (Fsp3) is 0.300. The molecule has 0 fully saturated rings. The number of hydrogen-bond acceptors (Lipinski definition) is 2. The van der Waals surface area contributed by atoms with E-state index in [-0.39, 0.29) is 6.10 Å². The van der Waals surface area contributed by atoms with Gasteiger partial charge in [0.05, 0.1) is 6.10 Å². The maximum absolute atomic E-state index is 5.64. The lowest BCUT2D eigenvalue weighted by molar-refractivity contribution is 0.130. The molecule has 0 aromatic heterocycles. The largest absolute Gasteiger partial charge is 0.399 e. The van der Waals surface area contributed by atoms with Gasteiger partial charge in [-0.1, -0.05) is 19.1 Å². The minimum atomic E-state index is 0.0495. The minimum Gasteiger partial charge on any atom is -0.399 e. The van der Waals surface area contributed by atoms with Gasteiger partial charge in [-0.15, -0.1) is 0 Å². The molecule has 1 aromatic rings. The van der Waals surface area contributed by atoms with Crippen LogP contribution >= 0.6 is 0 Å². The first-order chi connectivity index (χ1) is 5.77. The van der Waals surface area contributed by atoms with Gasteiger partial charge < -0.3 is 10.5 Å². The first kappa shape index (κ1) is 9.07. The van der Waals surface area contributed by atoms with Crippen LogP contribution in [0.25, 0.3) is 0 Å². The molecule has 0 aliphatic carbocycles. The average Bonchev–Trinajstić information content (AvgIpc) is 2.07. The van der Waals surface area contributed by atoms with Crippen molar-refractivity contribution < 1.29 is 4.74 Å². The van der Waals surface area contributed by atoms with Gasteiger partial charge >= 0.3 is 0 Å². The molecule has 1 atom stereocenters. The zero-order chi connectivity index (χ0) is 8.97. The van der Waals surface area contributed by atoms with Crippen molar-refractivity contribution in [2.24, 2.45) is 0 Å². The number of anilines is 1. The molecule has 0 aliphatic rings. The van der Waals surface area contributed by atoms with Crippen molar-refractivity contribution in [1.29, 1.82) is 0 Å². The first-order valence-electron chi connectivity index (χ1n) is 3.95. The minimum absolute atomic E-state index is 0.0495. The number of methoxy groups -OCH3 is 1. The molecule has 12 heavy (non-hydrogen) atoms. The standard InChI is InChI=1S/C10H14NO/c1-3-10(12-2)8-5-4-6-9(11)7-8/h3-7,10H,11H2,1-2H3. The number of nitrogen functional groups attached to an aromatic ring is 1. The van der Waals surface area contributed by atoms with E-state index in [1.54, 1.807) is 7.11 Å². The summed E-state index contributed by atoms with van der Waals surface area (Å²) in [7, 11) is 1.69. The van der Waals surface area contributed by atoms with Gasteiger partial charge in [-0.2, -0.15) is 0 Å². The third kappa shape index (κ3) is 1.98. The van der Waals surface area contributed by atoms with Crippen molar-refractivity contribution in [2.75, 3.05) is 12.8 Å². The molecule has 1 rings (SSSR count). The lowest BCUT2D eigenvalue weighted by atomic mass is 10.1. The second kappa shape index (κ2) is 4.12. The maximum Gasteiger partial charge on any atom is 0.0851 e. The fourth-order valence-electron chi connectivity index (χ4n) is 1.20. The molecule has 0 heterocycles. The van der Waals surface area contributed by atoms with E-state index < -0.39 is 0 Å². The molecule has 0 bridgehead atoms. The molecule has 1 unspecified atom stereocenters. The Kier molecular flexibility index (Phi) is 3.11. The smallest absolute Gasteiger partial charge is 0.0851 e. The van der Waals surface area contributed by atoms with E-state index in [2.05, 4.69) is 0 Å². The molecule has 1 aromatic carbocycles. The van der Waals surface area contributed by atoms with Crippen LogP contribution in [-0.2, 0) is 4.74 Å². The Bertz CT molecular complexity index is 243. The topological polar surface area (TPSA) is 35.2 Å². The average molecular weight is 164 g/mol. The van der Waals surface area contributed by atoms with Crippen molar-refractivity contribution in [3.8, 4) is 0 Å². The zero-order valence-corrected chi connectivity index (χ0v) is 7.45. The van der Waals surface area contributed by atoms with Crippen LogP contribution in [0.5, 0.6) is 0 Å². The summed E-state index contributed by atoms with van der Waals surface area (Å²) in [5, 5.41) is 0. The lowest BCUT2D eigenvalue weighted by Crippen LogP contribution is -2.00. The molecule has 0 spiro atoms. The summed E-state index contributed by atoms with van der Waals surface area (Å²) in [5.74, 6) is 0. The highest BCUT2D eigenvalue weighted by Crippen LogP contribution is 2.20. The number of benzene rings is 1. The molecule has 65 valence electrons. The predicted octanol–water partition coefficient (Wildman–Crippen LogP) is 2.18. The summed E-state index contributed by atoms with van der Waals surface area (Å²) >= 11 is 0. The van der Waals surface area contributed by atoms with E-state index in [4.69, 9.17) is 10.5 Å². The Morgan fingerprint density at radius 1 is 1.50 bits per heavy atom. The fourth-order valence-corrected chi connectivity index (χ4v) is 1.20. The maximum atomic E-state index is 5.64. The summed E-state index contributed by atoms with van der Waals surface area (Å²) in [6.45, 7) is 1.97. The van der Waals surface area contributed by atoms with Gasteiger partial charge in [-0.05, 0) is 24.1 Å². The van der Waals surface area contributed by atoms with E-state index in [1.165, 1.54) is 0 Å². The molecule has 2 heteroatoms. The van der Waals surface area contributed by atoms with Crippen molar-refractivity contribution >= 4 is 5.69 Å². The summed E-state index contributed by atoms with van der Waals surface area (Å²) in [6.07, 6.45) is 2.04. The molecule has 0 amide bonds. The van der Waals surface area contributed by atoms with Gasteiger partial charge in [0.2, 0.25) is 0 Å². The quantitative estimate of drug-likeness (QED) is 0.695. The molecule has 2 nitrogen and oxygen atoms in total. The third-order valence-electron chi connectivity index (χ3n) is 1.80.